The molecular weight excluding hydrogens is 608 g/mol. The van der Waals surface area contributed by atoms with E-state index in [9.17, 15) is 14.4 Å². The lowest BCUT2D eigenvalue weighted by Crippen LogP contribution is -2.45. The van der Waals surface area contributed by atoms with E-state index in [4.69, 9.17) is 25.5 Å². The molecular formula is C35H37ClN4O6. The molecule has 0 unspecified atom stereocenters. The fourth-order valence-corrected chi connectivity index (χ4v) is 6.07. The standard InChI is InChI=1S/C35H37ClN4O6/c1-3-44-34(42)14-16-38-33(41)10-6-9-29-22(2)24-19-32(26(36)20-31(24)45-29)46-30-13-15-37-21-25(30)35(43)40-18-17-39(23-11-12-23)27-7-4-5-8-28(27)40/h4-5,7-8,13,15,19-21,23H,3,6,9-12,14,16-18H2,1-2H3,(H,38,41). The van der Waals surface area contributed by atoms with Crippen LogP contribution >= 0.6 is 11.6 Å². The van der Waals surface area contributed by atoms with Crippen molar-refractivity contribution >= 4 is 51.7 Å². The number of hydrogen-bond acceptors (Lipinski definition) is 8. The van der Waals surface area contributed by atoms with E-state index in [-0.39, 0.29) is 30.7 Å². The third-order valence-corrected chi connectivity index (χ3v) is 8.66. The maximum atomic E-state index is 14.0. The van der Waals surface area contributed by atoms with Crippen LogP contribution in [0.5, 0.6) is 11.5 Å². The van der Waals surface area contributed by atoms with Gasteiger partial charge in [0.1, 0.15) is 28.4 Å². The van der Waals surface area contributed by atoms with E-state index < -0.39 is 0 Å². The number of anilines is 2. The molecule has 46 heavy (non-hydrogen) atoms. The first-order chi connectivity index (χ1) is 22.3. The maximum absolute atomic E-state index is 14.0. The highest BCUT2D eigenvalue weighted by molar-refractivity contribution is 6.32. The number of benzene rings is 2. The Morgan fingerprint density at radius 2 is 1.87 bits per heavy atom. The van der Waals surface area contributed by atoms with Gasteiger partial charge >= 0.3 is 5.97 Å². The predicted molar refractivity (Wildman–Crippen MR) is 176 cm³/mol. The predicted octanol–water partition coefficient (Wildman–Crippen LogP) is 6.60. The number of aryl methyl sites for hydroxylation is 2. The average Bonchev–Trinajstić information content (AvgIpc) is 3.86. The molecule has 0 radical (unpaired) electrons. The van der Waals surface area contributed by atoms with E-state index >= 15 is 0 Å². The lowest BCUT2D eigenvalue weighted by atomic mass is 10.1. The lowest BCUT2D eigenvalue weighted by Gasteiger charge is -2.38. The molecule has 1 aliphatic heterocycles. The number of aromatic nitrogens is 1. The minimum atomic E-state index is -0.331. The van der Waals surface area contributed by atoms with Crippen molar-refractivity contribution in [3.63, 3.8) is 0 Å². The maximum Gasteiger partial charge on any atom is 0.307 e. The summed E-state index contributed by atoms with van der Waals surface area (Å²) in [5.41, 5.74) is 3.84. The van der Waals surface area contributed by atoms with Crippen LogP contribution < -0.4 is 19.9 Å². The molecule has 1 fully saturated rings. The van der Waals surface area contributed by atoms with Crippen LogP contribution in [0.25, 0.3) is 11.0 Å². The summed E-state index contributed by atoms with van der Waals surface area (Å²) in [7, 11) is 0. The van der Waals surface area contributed by atoms with Crippen LogP contribution in [-0.4, -0.2) is 55.1 Å². The molecule has 0 spiro atoms. The van der Waals surface area contributed by atoms with Crippen molar-refractivity contribution in [1.82, 2.24) is 10.3 Å². The molecule has 11 heteroatoms. The topological polar surface area (TPSA) is 114 Å². The van der Waals surface area contributed by atoms with Crippen molar-refractivity contribution in [2.45, 2.75) is 58.4 Å². The number of carbonyl (C=O) groups is 3. The number of amides is 2. The van der Waals surface area contributed by atoms with E-state index in [1.54, 1.807) is 30.2 Å². The second-order valence-electron chi connectivity index (χ2n) is 11.5. The van der Waals surface area contributed by atoms with Crippen molar-refractivity contribution in [2.75, 3.05) is 36.0 Å². The molecule has 2 amide bonds. The van der Waals surface area contributed by atoms with Crippen LogP contribution in [0.2, 0.25) is 5.02 Å². The first kappa shape index (κ1) is 31.4. The molecule has 1 N–H and O–H groups in total. The lowest BCUT2D eigenvalue weighted by molar-refractivity contribution is -0.143. The molecule has 6 rings (SSSR count). The number of furan rings is 1. The number of pyridine rings is 1. The van der Waals surface area contributed by atoms with Gasteiger partial charge in [0.2, 0.25) is 5.91 Å². The molecule has 1 saturated carbocycles. The van der Waals surface area contributed by atoms with E-state index in [2.05, 4.69) is 21.3 Å². The second kappa shape index (κ2) is 13.8. The largest absolute Gasteiger partial charge is 0.466 e. The third-order valence-electron chi connectivity index (χ3n) is 8.36. The van der Waals surface area contributed by atoms with Gasteiger partial charge in [0.25, 0.3) is 5.91 Å². The normalized spacial score (nSPS) is 14.2. The first-order valence-electron chi connectivity index (χ1n) is 15.8. The van der Waals surface area contributed by atoms with Crippen LogP contribution in [0.3, 0.4) is 0 Å². The molecule has 1 aliphatic carbocycles. The zero-order valence-corrected chi connectivity index (χ0v) is 26.8. The van der Waals surface area contributed by atoms with Crippen LogP contribution in [-0.2, 0) is 20.7 Å². The fraction of sp³-hybridized carbons (Fsp3) is 0.371. The van der Waals surface area contributed by atoms with E-state index in [1.807, 2.05) is 31.2 Å². The summed E-state index contributed by atoms with van der Waals surface area (Å²) < 4.78 is 17.3. The van der Waals surface area contributed by atoms with Gasteiger partial charge in [0.15, 0.2) is 0 Å². The summed E-state index contributed by atoms with van der Waals surface area (Å²) in [6.07, 6.45) is 7.06. The smallest absolute Gasteiger partial charge is 0.307 e. The average molecular weight is 645 g/mol. The third kappa shape index (κ3) is 6.82. The van der Waals surface area contributed by atoms with Crippen LogP contribution in [0, 0.1) is 6.92 Å². The summed E-state index contributed by atoms with van der Waals surface area (Å²) in [6, 6.07) is 13.8. The number of ether oxygens (including phenoxy) is 2. The number of rotatable bonds is 12. The van der Waals surface area contributed by atoms with Crippen LogP contribution in [0.15, 0.2) is 59.3 Å². The highest BCUT2D eigenvalue weighted by atomic mass is 35.5. The first-order valence-corrected chi connectivity index (χ1v) is 16.1. The van der Waals surface area contributed by atoms with Gasteiger partial charge in [-0.05, 0) is 62.9 Å². The number of fused-ring (bicyclic) bond motifs is 2. The van der Waals surface area contributed by atoms with Gasteiger partial charge in [-0.3, -0.25) is 19.4 Å². The molecule has 3 heterocycles. The second-order valence-corrected chi connectivity index (χ2v) is 11.9. The van der Waals surface area contributed by atoms with Crippen molar-refractivity contribution in [2.24, 2.45) is 0 Å². The zero-order valence-electron chi connectivity index (χ0n) is 26.0. The number of nitrogens with one attached hydrogen (secondary N) is 1. The molecule has 240 valence electrons. The Morgan fingerprint density at radius 3 is 2.65 bits per heavy atom. The van der Waals surface area contributed by atoms with Gasteiger partial charge in [-0.25, -0.2) is 0 Å². The number of carbonyl (C=O) groups excluding carboxylic acids is 3. The summed E-state index contributed by atoms with van der Waals surface area (Å²) in [5.74, 6) is 0.861. The van der Waals surface area contributed by atoms with Gasteiger partial charge in [0, 0.05) is 62.4 Å². The highest BCUT2D eigenvalue weighted by Gasteiger charge is 2.36. The van der Waals surface area contributed by atoms with E-state index in [1.165, 1.54) is 19.0 Å². The number of hydrogen-bond donors (Lipinski definition) is 1. The quantitative estimate of drug-likeness (QED) is 0.172. The molecule has 2 aromatic heterocycles. The highest BCUT2D eigenvalue weighted by Crippen LogP contribution is 2.42. The monoisotopic (exact) mass is 644 g/mol. The Hall–Kier alpha value is -4.57. The van der Waals surface area contributed by atoms with Crippen LogP contribution in [0.1, 0.15) is 60.7 Å². The van der Waals surface area contributed by atoms with Crippen molar-refractivity contribution in [3.8, 4) is 11.5 Å². The Kier molecular flexibility index (Phi) is 9.44. The minimum absolute atomic E-state index is 0.132. The number of para-hydroxylation sites is 2. The summed E-state index contributed by atoms with van der Waals surface area (Å²) in [5, 5.41) is 3.92. The van der Waals surface area contributed by atoms with Crippen molar-refractivity contribution in [3.05, 3.63) is 76.8 Å². The molecule has 0 bridgehead atoms. The summed E-state index contributed by atoms with van der Waals surface area (Å²) >= 11 is 6.66. The van der Waals surface area contributed by atoms with Crippen LogP contribution in [0.4, 0.5) is 11.4 Å². The Bertz CT molecular complexity index is 1770. The Balaban J connectivity index is 1.14. The van der Waals surface area contributed by atoms with Crippen molar-refractivity contribution < 1.29 is 28.3 Å². The van der Waals surface area contributed by atoms with Gasteiger partial charge in [0.05, 0.1) is 29.4 Å². The Labute approximate surface area is 272 Å². The van der Waals surface area contributed by atoms with E-state index in [0.717, 1.165) is 34.6 Å². The number of halogens is 1. The van der Waals surface area contributed by atoms with Gasteiger partial charge in [-0.15, -0.1) is 0 Å². The molecule has 2 aromatic carbocycles. The Morgan fingerprint density at radius 1 is 1.07 bits per heavy atom. The zero-order chi connectivity index (χ0) is 32.2. The molecule has 2 aliphatic rings. The molecule has 0 saturated heterocycles. The fourth-order valence-electron chi connectivity index (χ4n) is 5.88. The van der Waals surface area contributed by atoms with Gasteiger partial charge < -0.3 is 29.0 Å². The number of nitrogens with zero attached hydrogens (tertiary/aromatic N) is 3. The van der Waals surface area contributed by atoms with Gasteiger partial charge in [-0.2, -0.15) is 0 Å². The summed E-state index contributed by atoms with van der Waals surface area (Å²) in [6.45, 7) is 5.61. The van der Waals surface area contributed by atoms with Crippen molar-refractivity contribution in [1.29, 1.82) is 0 Å². The summed E-state index contributed by atoms with van der Waals surface area (Å²) in [4.78, 5) is 46.1. The van der Waals surface area contributed by atoms with Gasteiger partial charge in [-0.1, -0.05) is 23.7 Å². The molecule has 4 aromatic rings. The molecule has 10 nitrogen and oxygen atoms in total. The SMILES string of the molecule is CCOC(=O)CCNC(=O)CCCc1oc2cc(Cl)c(Oc3ccncc3C(=O)N3CCN(C4CC4)c4ccccc43)cc2c1C. The molecule has 0 atom stereocenters. The number of esters is 1. The van der Waals surface area contributed by atoms with E-state index in [0.29, 0.717) is 66.1 Å². The minimum Gasteiger partial charge on any atom is -0.466 e.